The van der Waals surface area contributed by atoms with Gasteiger partial charge in [0.05, 0.1) is 20.1 Å². The van der Waals surface area contributed by atoms with Crippen LogP contribution in [0.5, 0.6) is 0 Å². The van der Waals surface area contributed by atoms with Crippen LogP contribution in [0.2, 0.25) is 0 Å². The Morgan fingerprint density at radius 2 is 2.11 bits per heavy atom. The molecule has 1 heterocycles. The van der Waals surface area contributed by atoms with Crippen LogP contribution in [-0.4, -0.2) is 31.8 Å². The van der Waals surface area contributed by atoms with Crippen LogP contribution in [0.4, 0.5) is 10.5 Å². The number of carbonyl (C=O) groups is 2. The van der Waals surface area contributed by atoms with E-state index in [1.165, 1.54) is 12.0 Å². The zero-order chi connectivity index (χ0) is 13.1. The number of aryl methyl sites for hydroxylation is 1. The van der Waals surface area contributed by atoms with E-state index in [0.717, 1.165) is 11.3 Å². The SMILES string of the molecule is COC(=O)CC1CN(c2ccc(C)cc2)C(=O)O1. The predicted molar refractivity (Wildman–Crippen MR) is 65.4 cm³/mol. The van der Waals surface area contributed by atoms with E-state index >= 15 is 0 Å². The van der Waals surface area contributed by atoms with Crippen LogP contribution < -0.4 is 4.90 Å². The minimum absolute atomic E-state index is 0.0879. The molecule has 1 unspecified atom stereocenters. The zero-order valence-electron chi connectivity index (χ0n) is 10.4. The van der Waals surface area contributed by atoms with Gasteiger partial charge in [-0.3, -0.25) is 9.69 Å². The molecule has 5 nitrogen and oxygen atoms in total. The van der Waals surface area contributed by atoms with Crippen LogP contribution in [0.25, 0.3) is 0 Å². The van der Waals surface area contributed by atoms with Gasteiger partial charge in [0.15, 0.2) is 0 Å². The molecular formula is C13H15NO4. The van der Waals surface area contributed by atoms with Crippen LogP contribution in [0.1, 0.15) is 12.0 Å². The third kappa shape index (κ3) is 2.61. The molecule has 96 valence electrons. The van der Waals surface area contributed by atoms with Crippen molar-refractivity contribution in [1.82, 2.24) is 0 Å². The lowest BCUT2D eigenvalue weighted by Gasteiger charge is -2.12. The largest absolute Gasteiger partial charge is 0.469 e. The molecule has 1 aromatic rings. The Balaban J connectivity index is 2.05. The number of benzene rings is 1. The summed E-state index contributed by atoms with van der Waals surface area (Å²) in [5, 5.41) is 0. The number of ether oxygens (including phenoxy) is 2. The number of hydrogen-bond acceptors (Lipinski definition) is 4. The third-order valence-electron chi connectivity index (χ3n) is 2.84. The Kier molecular flexibility index (Phi) is 3.50. The number of cyclic esters (lactones) is 1. The first-order valence-electron chi connectivity index (χ1n) is 5.72. The summed E-state index contributed by atoms with van der Waals surface area (Å²) < 4.78 is 9.67. The van der Waals surface area contributed by atoms with E-state index in [1.807, 2.05) is 31.2 Å². The highest BCUT2D eigenvalue weighted by atomic mass is 16.6. The molecule has 0 bridgehead atoms. The van der Waals surface area contributed by atoms with Crippen LogP contribution in [0.3, 0.4) is 0 Å². The van der Waals surface area contributed by atoms with Crippen molar-refractivity contribution in [2.45, 2.75) is 19.4 Å². The second-order valence-corrected chi connectivity index (χ2v) is 4.23. The molecule has 0 saturated carbocycles. The first kappa shape index (κ1) is 12.4. The molecule has 1 amide bonds. The summed E-state index contributed by atoms with van der Waals surface area (Å²) in [4.78, 5) is 24.3. The number of amides is 1. The topological polar surface area (TPSA) is 55.8 Å². The van der Waals surface area contributed by atoms with Gasteiger partial charge in [-0.1, -0.05) is 17.7 Å². The molecule has 18 heavy (non-hydrogen) atoms. The molecule has 1 aliphatic heterocycles. The van der Waals surface area contributed by atoms with E-state index in [1.54, 1.807) is 0 Å². The van der Waals surface area contributed by atoms with Crippen molar-refractivity contribution in [3.8, 4) is 0 Å². The van der Waals surface area contributed by atoms with Gasteiger partial charge >= 0.3 is 12.1 Å². The normalized spacial score (nSPS) is 18.7. The maximum Gasteiger partial charge on any atom is 0.414 e. The summed E-state index contributed by atoms with van der Waals surface area (Å²) in [5.41, 5.74) is 1.90. The summed E-state index contributed by atoms with van der Waals surface area (Å²) in [6, 6.07) is 7.57. The summed E-state index contributed by atoms with van der Waals surface area (Å²) >= 11 is 0. The molecule has 1 aromatic carbocycles. The predicted octanol–water partition coefficient (Wildman–Crippen LogP) is 1.88. The third-order valence-corrected chi connectivity index (χ3v) is 2.84. The van der Waals surface area contributed by atoms with Gasteiger partial charge in [0, 0.05) is 5.69 Å². The fourth-order valence-corrected chi connectivity index (χ4v) is 1.83. The van der Waals surface area contributed by atoms with E-state index in [0.29, 0.717) is 6.54 Å². The van der Waals surface area contributed by atoms with E-state index in [4.69, 9.17) is 4.74 Å². The lowest BCUT2D eigenvalue weighted by atomic mass is 10.2. The minimum atomic E-state index is -0.439. The molecule has 1 aliphatic rings. The molecule has 1 fully saturated rings. The van der Waals surface area contributed by atoms with Crippen molar-refractivity contribution < 1.29 is 19.1 Å². The van der Waals surface area contributed by atoms with Gasteiger partial charge < -0.3 is 9.47 Å². The fourth-order valence-electron chi connectivity index (χ4n) is 1.83. The van der Waals surface area contributed by atoms with E-state index in [2.05, 4.69) is 4.74 Å². The number of anilines is 1. The van der Waals surface area contributed by atoms with Crippen LogP contribution in [-0.2, 0) is 14.3 Å². The number of carbonyl (C=O) groups excluding carboxylic acids is 2. The fraction of sp³-hybridized carbons (Fsp3) is 0.385. The lowest BCUT2D eigenvalue weighted by molar-refractivity contribution is -0.142. The van der Waals surface area contributed by atoms with Gasteiger partial charge in [-0.15, -0.1) is 0 Å². The summed E-state index contributed by atoms with van der Waals surface area (Å²) in [5.74, 6) is -0.376. The number of nitrogens with zero attached hydrogens (tertiary/aromatic N) is 1. The van der Waals surface area contributed by atoms with Crippen molar-refractivity contribution in [3.63, 3.8) is 0 Å². The van der Waals surface area contributed by atoms with E-state index in [-0.39, 0.29) is 12.4 Å². The highest BCUT2D eigenvalue weighted by Crippen LogP contribution is 2.23. The maximum absolute atomic E-state index is 11.7. The quantitative estimate of drug-likeness (QED) is 0.767. The molecule has 1 saturated heterocycles. The summed E-state index contributed by atoms with van der Waals surface area (Å²) in [6.07, 6.45) is -0.774. The number of esters is 1. The molecule has 5 heteroatoms. The smallest absolute Gasteiger partial charge is 0.414 e. The highest BCUT2D eigenvalue weighted by Gasteiger charge is 2.33. The Morgan fingerprint density at radius 1 is 1.44 bits per heavy atom. The first-order chi connectivity index (χ1) is 8.60. The summed E-state index contributed by atoms with van der Waals surface area (Å²) in [7, 11) is 1.32. The van der Waals surface area contributed by atoms with Gasteiger partial charge in [-0.25, -0.2) is 4.79 Å². The van der Waals surface area contributed by atoms with Crippen LogP contribution in [0.15, 0.2) is 24.3 Å². The Bertz CT molecular complexity index is 455. The van der Waals surface area contributed by atoms with E-state index < -0.39 is 12.2 Å². The standard InChI is InChI=1S/C13H15NO4/c1-9-3-5-10(6-4-9)14-8-11(18-13(14)16)7-12(15)17-2/h3-6,11H,7-8H2,1-2H3. The van der Waals surface area contributed by atoms with Crippen molar-refractivity contribution in [2.75, 3.05) is 18.6 Å². The van der Waals surface area contributed by atoms with E-state index in [9.17, 15) is 9.59 Å². The van der Waals surface area contributed by atoms with Gasteiger partial charge in [-0.2, -0.15) is 0 Å². The second kappa shape index (κ2) is 5.08. The van der Waals surface area contributed by atoms with Crippen molar-refractivity contribution in [1.29, 1.82) is 0 Å². The average Bonchev–Trinajstić information content (AvgIpc) is 2.71. The molecule has 2 rings (SSSR count). The van der Waals surface area contributed by atoms with Crippen molar-refractivity contribution in [3.05, 3.63) is 29.8 Å². The molecule has 0 N–H and O–H groups in total. The average molecular weight is 249 g/mol. The number of rotatable bonds is 3. The molecule has 0 spiro atoms. The van der Waals surface area contributed by atoms with Gasteiger partial charge in [0.2, 0.25) is 0 Å². The zero-order valence-corrected chi connectivity index (χ0v) is 10.4. The van der Waals surface area contributed by atoms with Crippen LogP contribution >= 0.6 is 0 Å². The highest BCUT2D eigenvalue weighted by molar-refractivity contribution is 5.90. The number of hydrogen-bond donors (Lipinski definition) is 0. The van der Waals surface area contributed by atoms with Crippen LogP contribution in [0, 0.1) is 6.92 Å². The van der Waals surface area contributed by atoms with Gasteiger partial charge in [0.1, 0.15) is 6.10 Å². The molecule has 0 aromatic heterocycles. The summed E-state index contributed by atoms with van der Waals surface area (Å²) in [6.45, 7) is 2.35. The Labute approximate surface area is 105 Å². The lowest BCUT2D eigenvalue weighted by Crippen LogP contribution is -2.25. The first-order valence-corrected chi connectivity index (χ1v) is 5.72. The van der Waals surface area contributed by atoms with Gasteiger partial charge in [0.25, 0.3) is 0 Å². The molecular weight excluding hydrogens is 234 g/mol. The van der Waals surface area contributed by atoms with Crippen molar-refractivity contribution in [2.24, 2.45) is 0 Å². The second-order valence-electron chi connectivity index (χ2n) is 4.23. The minimum Gasteiger partial charge on any atom is -0.469 e. The number of methoxy groups -OCH3 is 1. The molecule has 0 radical (unpaired) electrons. The van der Waals surface area contributed by atoms with Crippen molar-refractivity contribution >= 4 is 17.7 Å². The monoisotopic (exact) mass is 249 g/mol. The van der Waals surface area contributed by atoms with Gasteiger partial charge in [-0.05, 0) is 19.1 Å². The molecule has 1 atom stereocenters. The Hall–Kier alpha value is -2.04. The maximum atomic E-state index is 11.7. The Morgan fingerprint density at radius 3 is 2.72 bits per heavy atom. The molecule has 0 aliphatic carbocycles.